The van der Waals surface area contributed by atoms with E-state index in [4.69, 9.17) is 13.9 Å². The van der Waals surface area contributed by atoms with Crippen LogP contribution in [0.1, 0.15) is 5.56 Å². The summed E-state index contributed by atoms with van der Waals surface area (Å²) in [7, 11) is 3.17. The monoisotopic (exact) mass is 472 g/mol. The van der Waals surface area contributed by atoms with Crippen molar-refractivity contribution in [3.63, 3.8) is 0 Å². The molecule has 0 bridgehead atoms. The first-order chi connectivity index (χ1) is 8.51. The lowest BCUT2D eigenvalue weighted by Gasteiger charge is -2.14. The molecule has 2 aromatic rings. The highest BCUT2D eigenvalue weighted by Gasteiger charge is 2.21. The minimum absolute atomic E-state index is 0.372. The zero-order valence-corrected chi connectivity index (χ0v) is 14.3. The summed E-state index contributed by atoms with van der Waals surface area (Å²) in [4.78, 5) is 11.5. The van der Waals surface area contributed by atoms with Crippen LogP contribution >= 0.6 is 45.2 Å². The highest BCUT2D eigenvalue weighted by molar-refractivity contribution is 14.1. The molecule has 0 spiro atoms. The van der Waals surface area contributed by atoms with Crippen LogP contribution in [-0.4, -0.2) is 14.2 Å². The third-order valence-electron chi connectivity index (χ3n) is 2.59. The van der Waals surface area contributed by atoms with Gasteiger partial charge < -0.3 is 13.9 Å². The Bertz CT molecular complexity index is 676. The van der Waals surface area contributed by atoms with Gasteiger partial charge >= 0.3 is 5.63 Å². The molecule has 0 aliphatic rings. The quantitative estimate of drug-likeness (QED) is 0.498. The zero-order valence-electron chi connectivity index (χ0n) is 9.97. The third-order valence-corrected chi connectivity index (χ3v) is 4.55. The highest BCUT2D eigenvalue weighted by atomic mass is 127. The summed E-state index contributed by atoms with van der Waals surface area (Å²) in [6.07, 6.45) is 0. The standard InChI is InChI=1S/C12H10I2O4/c1-5-4-6(15)18-11-7(5)10(16-2)8(13)12(17-3)9(11)14/h4H,1-3H3. The SMILES string of the molecule is COc1c(I)c(OC)c2c(C)cc(=O)oc2c1I. The van der Waals surface area contributed by atoms with Gasteiger partial charge in [0.1, 0.15) is 5.75 Å². The van der Waals surface area contributed by atoms with Gasteiger partial charge in [-0.1, -0.05) is 0 Å². The Labute approximate surface area is 131 Å². The van der Waals surface area contributed by atoms with Crippen LogP contribution < -0.4 is 15.1 Å². The number of hydrogen-bond donors (Lipinski definition) is 0. The maximum Gasteiger partial charge on any atom is 0.336 e. The second kappa shape index (κ2) is 5.24. The van der Waals surface area contributed by atoms with Crippen LogP contribution in [0.5, 0.6) is 11.5 Å². The molecule has 0 atom stereocenters. The molecule has 0 saturated carbocycles. The van der Waals surface area contributed by atoms with E-state index in [0.717, 1.165) is 18.1 Å². The second-order valence-electron chi connectivity index (χ2n) is 3.65. The van der Waals surface area contributed by atoms with Crippen LogP contribution in [0.3, 0.4) is 0 Å². The summed E-state index contributed by atoms with van der Waals surface area (Å²) in [5.74, 6) is 1.33. The van der Waals surface area contributed by atoms with Crippen molar-refractivity contribution in [3.05, 3.63) is 29.2 Å². The van der Waals surface area contributed by atoms with E-state index in [1.54, 1.807) is 14.2 Å². The fraction of sp³-hybridized carbons (Fsp3) is 0.250. The van der Waals surface area contributed by atoms with Gasteiger partial charge in [-0.25, -0.2) is 4.79 Å². The summed E-state index contributed by atoms with van der Waals surface area (Å²) >= 11 is 4.28. The molecule has 0 aliphatic carbocycles. The molecule has 6 heteroatoms. The van der Waals surface area contributed by atoms with Crippen LogP contribution in [0.15, 0.2) is 15.3 Å². The Hall–Kier alpha value is -0.510. The molecule has 0 saturated heterocycles. The average molecular weight is 472 g/mol. The molecule has 1 aromatic carbocycles. The van der Waals surface area contributed by atoms with Gasteiger partial charge in [-0.05, 0) is 57.7 Å². The Kier molecular flexibility index (Phi) is 4.05. The molecule has 18 heavy (non-hydrogen) atoms. The fourth-order valence-electron chi connectivity index (χ4n) is 1.83. The molecule has 96 valence electrons. The van der Waals surface area contributed by atoms with E-state index in [1.807, 2.05) is 6.92 Å². The van der Waals surface area contributed by atoms with E-state index in [9.17, 15) is 4.79 Å². The molecule has 0 aliphatic heterocycles. The summed E-state index contributed by atoms with van der Waals surface area (Å²) < 4.78 is 17.7. The number of halogens is 2. The van der Waals surface area contributed by atoms with E-state index >= 15 is 0 Å². The van der Waals surface area contributed by atoms with Crippen molar-refractivity contribution in [3.8, 4) is 11.5 Å². The van der Waals surface area contributed by atoms with Crippen molar-refractivity contribution in [2.24, 2.45) is 0 Å². The van der Waals surface area contributed by atoms with Crippen LogP contribution in [0, 0.1) is 14.1 Å². The summed E-state index contributed by atoms with van der Waals surface area (Å²) in [5, 5.41) is 0.812. The lowest BCUT2D eigenvalue weighted by atomic mass is 10.1. The summed E-state index contributed by atoms with van der Waals surface area (Å²) in [6, 6.07) is 1.46. The maximum atomic E-state index is 11.5. The highest BCUT2D eigenvalue weighted by Crippen LogP contribution is 2.42. The molecule has 2 rings (SSSR count). The lowest BCUT2D eigenvalue weighted by Crippen LogP contribution is -2.03. The molecule has 1 aromatic heterocycles. The molecule has 1 heterocycles. The number of fused-ring (bicyclic) bond motifs is 1. The van der Waals surface area contributed by atoms with Gasteiger partial charge in [0.05, 0.1) is 26.7 Å². The van der Waals surface area contributed by atoms with Crippen LogP contribution in [-0.2, 0) is 0 Å². The van der Waals surface area contributed by atoms with E-state index in [2.05, 4.69) is 45.2 Å². The molecular formula is C12H10I2O4. The minimum atomic E-state index is -0.372. The number of methoxy groups -OCH3 is 2. The first-order valence-corrected chi connectivity index (χ1v) is 7.20. The molecule has 0 N–H and O–H groups in total. The maximum absolute atomic E-state index is 11.5. The molecule has 0 amide bonds. The Morgan fingerprint density at radius 1 is 1.11 bits per heavy atom. The van der Waals surface area contributed by atoms with Gasteiger partial charge in [0.15, 0.2) is 11.3 Å². The van der Waals surface area contributed by atoms with E-state index in [0.29, 0.717) is 17.1 Å². The van der Waals surface area contributed by atoms with Gasteiger partial charge in [-0.2, -0.15) is 0 Å². The van der Waals surface area contributed by atoms with Gasteiger partial charge in [0.2, 0.25) is 0 Å². The summed E-state index contributed by atoms with van der Waals surface area (Å²) in [6.45, 7) is 1.86. The molecule has 0 unspecified atom stereocenters. The Balaban J connectivity index is 3.08. The smallest absolute Gasteiger partial charge is 0.336 e. The first-order valence-electron chi connectivity index (χ1n) is 5.04. The van der Waals surface area contributed by atoms with Crippen molar-refractivity contribution in [2.45, 2.75) is 6.92 Å². The van der Waals surface area contributed by atoms with Crippen molar-refractivity contribution in [1.82, 2.24) is 0 Å². The number of ether oxygens (including phenoxy) is 2. The van der Waals surface area contributed by atoms with Gasteiger partial charge in [-0.15, -0.1) is 0 Å². The Morgan fingerprint density at radius 3 is 2.28 bits per heavy atom. The van der Waals surface area contributed by atoms with E-state index in [-0.39, 0.29) is 5.63 Å². The van der Waals surface area contributed by atoms with Gasteiger partial charge in [0.25, 0.3) is 0 Å². The first kappa shape index (κ1) is 13.9. The number of hydrogen-bond acceptors (Lipinski definition) is 4. The van der Waals surface area contributed by atoms with E-state index < -0.39 is 0 Å². The zero-order chi connectivity index (χ0) is 13.4. The van der Waals surface area contributed by atoms with Crippen LogP contribution in [0.2, 0.25) is 0 Å². The molecule has 0 radical (unpaired) electrons. The molecule has 4 nitrogen and oxygen atoms in total. The normalized spacial score (nSPS) is 10.7. The topological polar surface area (TPSA) is 48.7 Å². The average Bonchev–Trinajstić information content (AvgIpc) is 2.31. The minimum Gasteiger partial charge on any atom is -0.495 e. The van der Waals surface area contributed by atoms with Crippen molar-refractivity contribution < 1.29 is 13.9 Å². The van der Waals surface area contributed by atoms with Crippen molar-refractivity contribution in [2.75, 3.05) is 14.2 Å². The Morgan fingerprint density at radius 2 is 1.72 bits per heavy atom. The van der Waals surface area contributed by atoms with Gasteiger partial charge in [0, 0.05) is 6.07 Å². The predicted molar refractivity (Wildman–Crippen MR) is 85.8 cm³/mol. The van der Waals surface area contributed by atoms with E-state index in [1.165, 1.54) is 6.07 Å². The largest absolute Gasteiger partial charge is 0.495 e. The van der Waals surface area contributed by atoms with Crippen LogP contribution in [0.4, 0.5) is 0 Å². The predicted octanol–water partition coefficient (Wildman–Crippen LogP) is 3.33. The van der Waals surface area contributed by atoms with Crippen molar-refractivity contribution in [1.29, 1.82) is 0 Å². The fourth-order valence-corrected chi connectivity index (χ4v) is 4.19. The van der Waals surface area contributed by atoms with Crippen molar-refractivity contribution >= 4 is 56.2 Å². The molecule has 0 fully saturated rings. The second-order valence-corrected chi connectivity index (χ2v) is 5.80. The third kappa shape index (κ3) is 2.09. The lowest BCUT2D eigenvalue weighted by molar-refractivity contribution is 0.388. The number of rotatable bonds is 2. The number of aryl methyl sites for hydroxylation is 1. The molecular weight excluding hydrogens is 462 g/mol. The van der Waals surface area contributed by atoms with Crippen LogP contribution in [0.25, 0.3) is 11.0 Å². The van der Waals surface area contributed by atoms with Gasteiger partial charge in [-0.3, -0.25) is 0 Å². The number of benzene rings is 1. The summed E-state index contributed by atoms with van der Waals surface area (Å²) in [5.41, 5.74) is 0.967.